The first-order valence-electron chi connectivity index (χ1n) is 7.01. The molecule has 3 rings (SSSR count). The summed E-state index contributed by atoms with van der Waals surface area (Å²) < 4.78 is 0. The summed E-state index contributed by atoms with van der Waals surface area (Å²) in [4.78, 5) is 0. The Morgan fingerprint density at radius 3 is 2.35 bits per heavy atom. The lowest BCUT2D eigenvalue weighted by Gasteiger charge is -2.18. The summed E-state index contributed by atoms with van der Waals surface area (Å²) in [6.07, 6.45) is 10.2. The van der Waals surface area contributed by atoms with Crippen molar-refractivity contribution in [2.45, 2.75) is 50.9 Å². The molecule has 1 atom stereocenters. The predicted molar refractivity (Wildman–Crippen MR) is 78.5 cm³/mol. The molecule has 0 aliphatic heterocycles. The van der Waals surface area contributed by atoms with Crippen LogP contribution in [0.25, 0.3) is 10.5 Å². The lowest BCUT2D eigenvalue weighted by molar-refractivity contribution is 0.460. The molecule has 90 valence electrons. The van der Waals surface area contributed by atoms with Crippen molar-refractivity contribution < 1.29 is 0 Å². The standard InChI is InChI=1S/C16H21P/c1-2-4-8-13(9-5-3-1)16-12-14-10-6-7-11-15(14)17-16/h6-7,10-13,17H,1-5,8-9H2. The van der Waals surface area contributed by atoms with Crippen LogP contribution in [0.15, 0.2) is 30.3 Å². The molecule has 0 bridgehead atoms. The van der Waals surface area contributed by atoms with Gasteiger partial charge in [0.15, 0.2) is 0 Å². The molecule has 0 N–H and O–H groups in total. The molecule has 1 heteroatoms. The highest BCUT2D eigenvalue weighted by Crippen LogP contribution is 2.40. The number of hydrogen-bond acceptors (Lipinski definition) is 0. The smallest absolute Gasteiger partial charge is 0.00155 e. The fraction of sp³-hybridized carbons (Fsp3) is 0.500. The molecular formula is C16H21P. The molecule has 1 aromatic heterocycles. The minimum Gasteiger partial charge on any atom is -0.128 e. The van der Waals surface area contributed by atoms with Crippen molar-refractivity contribution >= 4 is 18.7 Å². The summed E-state index contributed by atoms with van der Waals surface area (Å²) in [6.45, 7) is 0. The third-order valence-corrected chi connectivity index (χ3v) is 5.66. The minimum absolute atomic E-state index is 0.890. The van der Waals surface area contributed by atoms with Crippen molar-refractivity contribution in [2.75, 3.05) is 0 Å². The lowest BCUT2D eigenvalue weighted by atomic mass is 9.90. The fourth-order valence-corrected chi connectivity index (χ4v) is 4.59. The van der Waals surface area contributed by atoms with Gasteiger partial charge in [-0.05, 0) is 40.6 Å². The molecule has 1 saturated carbocycles. The minimum atomic E-state index is 0.890. The first-order chi connectivity index (χ1) is 8.43. The van der Waals surface area contributed by atoms with Crippen LogP contribution in [0.1, 0.15) is 56.2 Å². The van der Waals surface area contributed by atoms with Crippen molar-refractivity contribution in [3.8, 4) is 0 Å². The van der Waals surface area contributed by atoms with E-state index in [-0.39, 0.29) is 0 Å². The quantitative estimate of drug-likeness (QED) is 0.603. The number of rotatable bonds is 1. The van der Waals surface area contributed by atoms with Crippen LogP contribution in [-0.2, 0) is 0 Å². The summed E-state index contributed by atoms with van der Waals surface area (Å²) in [6, 6.07) is 11.4. The molecule has 0 saturated heterocycles. The molecule has 1 heterocycles. The number of fused-ring (bicyclic) bond motifs is 1. The maximum atomic E-state index is 2.49. The second-order valence-electron chi connectivity index (χ2n) is 5.35. The molecule has 1 aromatic carbocycles. The van der Waals surface area contributed by atoms with Gasteiger partial charge < -0.3 is 0 Å². The zero-order chi connectivity index (χ0) is 11.5. The van der Waals surface area contributed by atoms with Crippen molar-refractivity contribution in [3.05, 3.63) is 35.6 Å². The highest BCUT2D eigenvalue weighted by Gasteiger charge is 2.14. The molecule has 0 radical (unpaired) electrons. The van der Waals surface area contributed by atoms with Gasteiger partial charge in [-0.2, -0.15) is 0 Å². The van der Waals surface area contributed by atoms with Crippen LogP contribution >= 0.6 is 8.19 Å². The van der Waals surface area contributed by atoms with E-state index in [0.717, 1.165) is 14.1 Å². The van der Waals surface area contributed by atoms with E-state index in [2.05, 4.69) is 30.3 Å². The molecule has 1 aliphatic rings. The van der Waals surface area contributed by atoms with E-state index < -0.39 is 0 Å². The van der Waals surface area contributed by atoms with Crippen molar-refractivity contribution in [2.24, 2.45) is 0 Å². The fourth-order valence-electron chi connectivity index (χ4n) is 3.08. The van der Waals surface area contributed by atoms with Crippen molar-refractivity contribution in [1.82, 2.24) is 0 Å². The lowest BCUT2D eigenvalue weighted by Crippen LogP contribution is -1.99. The van der Waals surface area contributed by atoms with E-state index in [0.29, 0.717) is 0 Å². The van der Waals surface area contributed by atoms with Gasteiger partial charge in [-0.1, -0.05) is 56.4 Å². The summed E-state index contributed by atoms with van der Waals surface area (Å²) in [5.74, 6) is 0.890. The highest BCUT2D eigenvalue weighted by molar-refractivity contribution is 7.38. The molecule has 0 amide bonds. The van der Waals surface area contributed by atoms with Gasteiger partial charge in [0.1, 0.15) is 0 Å². The van der Waals surface area contributed by atoms with E-state index >= 15 is 0 Å². The van der Waals surface area contributed by atoms with Crippen molar-refractivity contribution in [1.29, 1.82) is 0 Å². The van der Waals surface area contributed by atoms with E-state index in [9.17, 15) is 0 Å². The van der Waals surface area contributed by atoms with Crippen LogP contribution < -0.4 is 0 Å². The van der Waals surface area contributed by atoms with Gasteiger partial charge in [-0.25, -0.2) is 0 Å². The third-order valence-electron chi connectivity index (χ3n) is 4.10. The molecule has 17 heavy (non-hydrogen) atoms. The van der Waals surface area contributed by atoms with Gasteiger partial charge in [-0.15, -0.1) is 8.19 Å². The molecule has 1 aliphatic carbocycles. The Bertz CT molecular complexity index is 442. The van der Waals surface area contributed by atoms with E-state index in [1.165, 1.54) is 50.3 Å². The summed E-state index contributed by atoms with van der Waals surface area (Å²) in [7, 11) is 0.957. The molecule has 0 nitrogen and oxygen atoms in total. The van der Waals surface area contributed by atoms with Crippen LogP contribution in [0.3, 0.4) is 0 Å². The molecular weight excluding hydrogens is 223 g/mol. The Hall–Kier alpha value is -0.740. The molecule has 1 fully saturated rings. The second-order valence-corrected chi connectivity index (χ2v) is 6.72. The Morgan fingerprint density at radius 2 is 1.59 bits per heavy atom. The largest absolute Gasteiger partial charge is 0.128 e. The third kappa shape index (κ3) is 2.58. The zero-order valence-electron chi connectivity index (χ0n) is 10.4. The highest BCUT2D eigenvalue weighted by atomic mass is 31.0. The molecule has 2 aromatic rings. The van der Waals surface area contributed by atoms with Crippen LogP contribution in [0.4, 0.5) is 0 Å². The Labute approximate surface area is 106 Å². The maximum absolute atomic E-state index is 2.49. The number of benzene rings is 1. The monoisotopic (exact) mass is 244 g/mol. The first-order valence-corrected chi connectivity index (χ1v) is 8.01. The maximum Gasteiger partial charge on any atom is -0.00155 e. The molecule has 0 spiro atoms. The van der Waals surface area contributed by atoms with E-state index in [1.807, 2.05) is 0 Å². The van der Waals surface area contributed by atoms with Crippen LogP contribution in [0, 0.1) is 0 Å². The zero-order valence-corrected chi connectivity index (χ0v) is 11.4. The van der Waals surface area contributed by atoms with E-state index in [1.54, 1.807) is 10.4 Å². The molecule has 1 unspecified atom stereocenters. The topological polar surface area (TPSA) is 0 Å². The SMILES string of the molecule is c1ccc2[pH]c(C3CCCCCCC3)cc2c1. The summed E-state index contributed by atoms with van der Waals surface area (Å²) in [5.41, 5.74) is 0. The van der Waals surface area contributed by atoms with Gasteiger partial charge in [-0.3, -0.25) is 0 Å². The van der Waals surface area contributed by atoms with Crippen LogP contribution in [0.2, 0.25) is 0 Å². The Kier molecular flexibility index (Phi) is 3.52. The van der Waals surface area contributed by atoms with Crippen LogP contribution in [-0.4, -0.2) is 0 Å². The van der Waals surface area contributed by atoms with Gasteiger partial charge in [0.2, 0.25) is 0 Å². The van der Waals surface area contributed by atoms with Gasteiger partial charge >= 0.3 is 0 Å². The number of hydrogen-bond donors (Lipinski definition) is 0. The van der Waals surface area contributed by atoms with Crippen LogP contribution in [0.5, 0.6) is 0 Å². The normalized spacial score (nSPS) is 19.5. The summed E-state index contributed by atoms with van der Waals surface area (Å²) >= 11 is 0. The van der Waals surface area contributed by atoms with Crippen molar-refractivity contribution in [3.63, 3.8) is 0 Å². The van der Waals surface area contributed by atoms with E-state index in [4.69, 9.17) is 0 Å². The average Bonchev–Trinajstić information content (AvgIpc) is 2.71. The first kappa shape index (κ1) is 11.4. The van der Waals surface area contributed by atoms with Gasteiger partial charge in [0.25, 0.3) is 0 Å². The van der Waals surface area contributed by atoms with Gasteiger partial charge in [0.05, 0.1) is 0 Å². The average molecular weight is 244 g/mol. The summed E-state index contributed by atoms with van der Waals surface area (Å²) in [5, 5.41) is 4.81. The van der Waals surface area contributed by atoms with Gasteiger partial charge in [0, 0.05) is 0 Å². The predicted octanol–water partition coefficient (Wildman–Crippen LogP) is 5.70. The second kappa shape index (κ2) is 5.27. The Balaban J connectivity index is 1.85. The Morgan fingerprint density at radius 1 is 0.882 bits per heavy atom.